The van der Waals surface area contributed by atoms with Gasteiger partial charge in [-0.05, 0) is 54.6 Å². The summed E-state index contributed by atoms with van der Waals surface area (Å²) in [4.78, 5) is 16.7. The minimum Gasteiger partial charge on any atom is -0.329 e. The summed E-state index contributed by atoms with van der Waals surface area (Å²) in [5, 5.41) is 1.59. The van der Waals surface area contributed by atoms with Crippen LogP contribution in [0.3, 0.4) is 0 Å². The number of pyridine rings is 1. The van der Waals surface area contributed by atoms with Crippen LogP contribution in [0.15, 0.2) is 95.8 Å². The van der Waals surface area contributed by atoms with Gasteiger partial charge < -0.3 is 9.88 Å². The molecule has 0 saturated heterocycles. The van der Waals surface area contributed by atoms with Crippen molar-refractivity contribution in [1.82, 2.24) is 4.98 Å². The first-order valence-corrected chi connectivity index (χ1v) is 8.37. The lowest BCUT2D eigenvalue weighted by molar-refractivity contribution is 0.940. The highest BCUT2D eigenvalue weighted by molar-refractivity contribution is 5.85. The van der Waals surface area contributed by atoms with Gasteiger partial charge in [-0.1, -0.05) is 43.9 Å². The summed E-state index contributed by atoms with van der Waals surface area (Å²) < 4.78 is 0. The van der Waals surface area contributed by atoms with Crippen LogP contribution in [0.1, 0.15) is 13.8 Å². The largest absolute Gasteiger partial charge is 0.329 e. The molecule has 0 fully saturated rings. The van der Waals surface area contributed by atoms with Gasteiger partial charge in [0.05, 0.1) is 0 Å². The number of H-pyrrole nitrogens is 1. The van der Waals surface area contributed by atoms with Crippen LogP contribution in [0.25, 0.3) is 10.8 Å². The molecule has 1 aromatic heterocycles. The molecular formula is C22H22N2O. The molecule has 1 atom stereocenters. The molecule has 0 spiro atoms. The molecule has 1 unspecified atom stereocenters. The molecule has 0 amide bonds. The summed E-state index contributed by atoms with van der Waals surface area (Å²) >= 11 is 0. The van der Waals surface area contributed by atoms with E-state index in [0.29, 0.717) is 11.3 Å². The average molecular weight is 330 g/mol. The fourth-order valence-corrected chi connectivity index (χ4v) is 2.90. The first-order valence-electron chi connectivity index (χ1n) is 8.37. The van der Waals surface area contributed by atoms with Gasteiger partial charge in [0, 0.05) is 28.7 Å². The second-order valence-corrected chi connectivity index (χ2v) is 6.20. The van der Waals surface area contributed by atoms with Crippen molar-refractivity contribution in [2.75, 3.05) is 4.90 Å². The van der Waals surface area contributed by atoms with Crippen molar-refractivity contribution < 1.29 is 0 Å². The molecule has 1 N–H and O–H groups in total. The molecule has 25 heavy (non-hydrogen) atoms. The molecule has 3 rings (SSSR count). The lowest BCUT2D eigenvalue weighted by Gasteiger charge is -2.26. The number of hydrogen-bond donors (Lipinski definition) is 1. The summed E-state index contributed by atoms with van der Waals surface area (Å²) in [6.45, 7) is 8.42. The molecule has 0 aliphatic carbocycles. The summed E-state index contributed by atoms with van der Waals surface area (Å²) in [7, 11) is 0. The van der Waals surface area contributed by atoms with Crippen LogP contribution >= 0.6 is 0 Å². The number of aromatic amines is 1. The van der Waals surface area contributed by atoms with Crippen molar-refractivity contribution in [1.29, 1.82) is 0 Å². The monoisotopic (exact) mass is 330 g/mol. The molecule has 0 saturated carbocycles. The fourth-order valence-electron chi connectivity index (χ4n) is 2.90. The number of benzene rings is 1. The lowest BCUT2D eigenvalue weighted by atomic mass is 10.1. The molecule has 1 aliphatic heterocycles. The van der Waals surface area contributed by atoms with E-state index in [1.54, 1.807) is 6.20 Å². The van der Waals surface area contributed by atoms with Crippen molar-refractivity contribution in [2.45, 2.75) is 13.8 Å². The number of rotatable bonds is 1. The summed E-state index contributed by atoms with van der Waals surface area (Å²) in [6, 6.07) is 7.74. The van der Waals surface area contributed by atoms with Gasteiger partial charge in [0.1, 0.15) is 0 Å². The number of hydrogen-bond acceptors (Lipinski definition) is 2. The van der Waals surface area contributed by atoms with Crippen LogP contribution in [0.5, 0.6) is 0 Å². The van der Waals surface area contributed by atoms with Crippen LogP contribution in [0, 0.1) is 5.92 Å². The second-order valence-electron chi connectivity index (χ2n) is 6.20. The molecule has 1 aromatic carbocycles. The number of nitrogens with zero attached hydrogens (tertiary/aromatic N) is 1. The zero-order valence-electron chi connectivity index (χ0n) is 14.6. The van der Waals surface area contributed by atoms with E-state index in [9.17, 15) is 4.79 Å². The maximum atomic E-state index is 11.9. The van der Waals surface area contributed by atoms with E-state index >= 15 is 0 Å². The van der Waals surface area contributed by atoms with E-state index in [4.69, 9.17) is 0 Å². The normalized spacial score (nSPS) is 23.0. The van der Waals surface area contributed by atoms with Crippen molar-refractivity contribution in [3.8, 4) is 0 Å². The Morgan fingerprint density at radius 1 is 1.12 bits per heavy atom. The number of nitrogens with one attached hydrogen (secondary N) is 1. The zero-order chi connectivity index (χ0) is 17.8. The third-order valence-corrected chi connectivity index (χ3v) is 4.22. The standard InChI is InChI=1S/C22H22N2O/c1-16-7-4-5-9-17(2)24(18(3)10-6-8-16)20-11-12-21-19(15-20)13-14-23-22(21)25/h4-16H,2H2,1,3H3,(H,23,25)/b7-4-,8-6-,9-5?,18-10+. The Morgan fingerprint density at radius 3 is 2.76 bits per heavy atom. The Labute approximate surface area is 148 Å². The van der Waals surface area contributed by atoms with Gasteiger partial charge >= 0.3 is 0 Å². The van der Waals surface area contributed by atoms with Crippen LogP contribution in [0.4, 0.5) is 5.69 Å². The van der Waals surface area contributed by atoms with Crippen molar-refractivity contribution in [3.63, 3.8) is 0 Å². The average Bonchev–Trinajstić information content (AvgIpc) is 2.61. The van der Waals surface area contributed by atoms with Crippen LogP contribution < -0.4 is 10.5 Å². The predicted molar refractivity (Wildman–Crippen MR) is 107 cm³/mol. The van der Waals surface area contributed by atoms with E-state index in [0.717, 1.165) is 22.5 Å². The Balaban J connectivity index is 2.11. The Hall–Kier alpha value is -3.07. The van der Waals surface area contributed by atoms with Gasteiger partial charge in [0.25, 0.3) is 5.56 Å². The predicted octanol–water partition coefficient (Wildman–Crippen LogP) is 5.07. The van der Waals surface area contributed by atoms with E-state index in [-0.39, 0.29) is 5.56 Å². The van der Waals surface area contributed by atoms with Gasteiger partial charge in [-0.3, -0.25) is 4.79 Å². The number of aromatic nitrogens is 1. The highest BCUT2D eigenvalue weighted by Crippen LogP contribution is 2.27. The van der Waals surface area contributed by atoms with E-state index in [1.807, 2.05) is 42.5 Å². The molecular weight excluding hydrogens is 308 g/mol. The molecule has 3 heteroatoms. The molecule has 0 radical (unpaired) electrons. The number of fused-ring (bicyclic) bond motifs is 1. The maximum Gasteiger partial charge on any atom is 0.255 e. The SMILES string of the molecule is C=C1C=C/C=C\C(C)/C=C\C=C(/C)N1c1ccc2c(=O)[nH]ccc2c1. The van der Waals surface area contributed by atoms with E-state index in [1.165, 1.54) is 0 Å². The van der Waals surface area contributed by atoms with Crippen molar-refractivity contribution in [2.24, 2.45) is 5.92 Å². The van der Waals surface area contributed by atoms with Gasteiger partial charge in [-0.25, -0.2) is 0 Å². The molecule has 126 valence electrons. The van der Waals surface area contributed by atoms with Crippen LogP contribution in [-0.4, -0.2) is 4.98 Å². The zero-order valence-corrected chi connectivity index (χ0v) is 14.6. The Bertz CT molecular complexity index is 973. The second kappa shape index (κ2) is 7.22. The quantitative estimate of drug-likeness (QED) is 0.792. The lowest BCUT2D eigenvalue weighted by Crippen LogP contribution is -2.18. The summed E-state index contributed by atoms with van der Waals surface area (Å²) in [5.74, 6) is 0.376. The van der Waals surface area contributed by atoms with Crippen LogP contribution in [-0.2, 0) is 0 Å². The maximum absolute atomic E-state index is 11.9. The van der Waals surface area contributed by atoms with Gasteiger partial charge in [0.15, 0.2) is 0 Å². The molecule has 2 heterocycles. The minimum absolute atomic E-state index is 0.0745. The van der Waals surface area contributed by atoms with Gasteiger partial charge in [-0.2, -0.15) is 0 Å². The molecule has 2 aromatic rings. The first kappa shape index (κ1) is 16.8. The van der Waals surface area contributed by atoms with Crippen LogP contribution in [0.2, 0.25) is 0 Å². The Kier molecular flexibility index (Phi) is 4.85. The topological polar surface area (TPSA) is 36.1 Å². The van der Waals surface area contributed by atoms with Crippen molar-refractivity contribution >= 4 is 16.5 Å². The Morgan fingerprint density at radius 2 is 1.92 bits per heavy atom. The molecule has 0 bridgehead atoms. The van der Waals surface area contributed by atoms with Gasteiger partial charge in [-0.15, -0.1) is 0 Å². The third kappa shape index (κ3) is 3.72. The van der Waals surface area contributed by atoms with E-state index < -0.39 is 0 Å². The first-order chi connectivity index (χ1) is 12.1. The summed E-state index contributed by atoms with van der Waals surface area (Å²) in [5.41, 5.74) is 2.83. The number of allylic oxidation sites excluding steroid dienone is 8. The highest BCUT2D eigenvalue weighted by Gasteiger charge is 2.12. The molecule has 3 nitrogen and oxygen atoms in total. The fraction of sp³-hybridized carbons (Fsp3) is 0.136. The molecule has 1 aliphatic rings. The smallest absolute Gasteiger partial charge is 0.255 e. The van der Waals surface area contributed by atoms with Gasteiger partial charge in [0.2, 0.25) is 0 Å². The number of anilines is 1. The highest BCUT2D eigenvalue weighted by atomic mass is 16.1. The summed E-state index contributed by atoms with van der Waals surface area (Å²) in [6.07, 6.45) is 16.2. The van der Waals surface area contributed by atoms with Crippen molar-refractivity contribution in [3.05, 3.63) is 101 Å². The third-order valence-electron chi connectivity index (χ3n) is 4.22. The van der Waals surface area contributed by atoms with E-state index in [2.05, 4.69) is 54.6 Å². The minimum atomic E-state index is -0.0745.